The molecule has 0 aliphatic carbocycles. The van der Waals surface area contributed by atoms with Crippen molar-refractivity contribution >= 4 is 38.7 Å². The Morgan fingerprint density at radius 2 is 1.83 bits per heavy atom. The molecule has 4 rings (SSSR count). The van der Waals surface area contributed by atoms with Gasteiger partial charge >= 0.3 is 5.97 Å². The van der Waals surface area contributed by atoms with E-state index in [1.54, 1.807) is 13.1 Å². The van der Waals surface area contributed by atoms with Gasteiger partial charge in [0.2, 0.25) is 0 Å². The van der Waals surface area contributed by atoms with Gasteiger partial charge in [-0.25, -0.2) is 18.4 Å². The fourth-order valence-corrected chi connectivity index (χ4v) is 4.48. The maximum Gasteiger partial charge on any atom is 0.308 e. The Morgan fingerprint density at radius 1 is 1.17 bits per heavy atom. The van der Waals surface area contributed by atoms with Crippen molar-refractivity contribution in [1.82, 2.24) is 19.7 Å². The second-order valence-electron chi connectivity index (χ2n) is 7.12. The van der Waals surface area contributed by atoms with Crippen LogP contribution in [-0.4, -0.2) is 54.3 Å². The summed E-state index contributed by atoms with van der Waals surface area (Å²) in [6.07, 6.45) is 3.88. The van der Waals surface area contributed by atoms with Crippen molar-refractivity contribution in [2.45, 2.75) is 17.7 Å². The van der Waals surface area contributed by atoms with E-state index in [1.807, 2.05) is 23.1 Å². The SMILES string of the molecule is COC(=O)C1CCN(c2nc3ccccc3nc2NS(=O)(=O)c2cnn(C)c2)CC1. The molecule has 1 aliphatic heterocycles. The number of anilines is 2. The molecule has 0 radical (unpaired) electrons. The monoisotopic (exact) mass is 430 g/mol. The summed E-state index contributed by atoms with van der Waals surface area (Å²) in [6, 6.07) is 7.27. The first-order valence-corrected chi connectivity index (χ1v) is 11.0. The third-order valence-electron chi connectivity index (χ3n) is 5.10. The van der Waals surface area contributed by atoms with E-state index in [1.165, 1.54) is 24.2 Å². The van der Waals surface area contributed by atoms with E-state index < -0.39 is 10.0 Å². The maximum atomic E-state index is 12.9. The third kappa shape index (κ3) is 3.92. The lowest BCUT2D eigenvalue weighted by Gasteiger charge is -2.32. The molecule has 1 N–H and O–H groups in total. The van der Waals surface area contributed by atoms with Gasteiger partial charge in [0.25, 0.3) is 10.0 Å². The number of ether oxygens (including phenoxy) is 1. The molecule has 0 atom stereocenters. The first kappa shape index (κ1) is 20.1. The number of benzene rings is 1. The van der Waals surface area contributed by atoms with Crippen LogP contribution in [-0.2, 0) is 26.6 Å². The van der Waals surface area contributed by atoms with Gasteiger partial charge in [-0.05, 0) is 25.0 Å². The molecule has 3 aromatic rings. The number of rotatable bonds is 5. The summed E-state index contributed by atoms with van der Waals surface area (Å²) >= 11 is 0. The minimum absolute atomic E-state index is 0.0373. The summed E-state index contributed by atoms with van der Waals surface area (Å²) in [5.41, 5.74) is 1.24. The van der Waals surface area contributed by atoms with Crippen molar-refractivity contribution in [2.75, 3.05) is 29.8 Å². The summed E-state index contributed by atoms with van der Waals surface area (Å²) in [6.45, 7) is 1.07. The number of hydrogen-bond donors (Lipinski definition) is 1. The number of carbonyl (C=O) groups excluding carboxylic acids is 1. The normalized spacial score (nSPS) is 15.3. The summed E-state index contributed by atoms with van der Waals surface area (Å²) in [5.74, 6) is 0.186. The molecular weight excluding hydrogens is 408 g/mol. The molecule has 1 aromatic carbocycles. The van der Waals surface area contributed by atoms with Gasteiger partial charge in [0.15, 0.2) is 11.6 Å². The minimum Gasteiger partial charge on any atom is -0.469 e. The number of fused-ring (bicyclic) bond motifs is 1. The van der Waals surface area contributed by atoms with E-state index >= 15 is 0 Å². The molecule has 2 aromatic heterocycles. The molecule has 0 bridgehead atoms. The largest absolute Gasteiger partial charge is 0.469 e. The van der Waals surface area contributed by atoms with Gasteiger partial charge in [0.05, 0.1) is 30.3 Å². The van der Waals surface area contributed by atoms with Gasteiger partial charge in [0.1, 0.15) is 4.90 Å². The van der Waals surface area contributed by atoms with E-state index in [0.29, 0.717) is 42.8 Å². The summed E-state index contributed by atoms with van der Waals surface area (Å²) in [7, 11) is -0.859. The topological polar surface area (TPSA) is 119 Å². The molecule has 11 heteroatoms. The Kier molecular flexibility index (Phi) is 5.29. The second-order valence-corrected chi connectivity index (χ2v) is 8.81. The highest BCUT2D eigenvalue weighted by atomic mass is 32.2. The van der Waals surface area contributed by atoms with Crippen molar-refractivity contribution in [3.05, 3.63) is 36.7 Å². The second kappa shape index (κ2) is 7.90. The zero-order valence-corrected chi connectivity index (χ0v) is 17.5. The number of para-hydroxylation sites is 2. The van der Waals surface area contributed by atoms with Crippen LogP contribution in [0.2, 0.25) is 0 Å². The summed E-state index contributed by atoms with van der Waals surface area (Å²) in [4.78, 5) is 23.0. The van der Waals surface area contributed by atoms with E-state index in [9.17, 15) is 13.2 Å². The molecule has 0 amide bonds. The third-order valence-corrected chi connectivity index (χ3v) is 6.40. The molecule has 0 saturated carbocycles. The van der Waals surface area contributed by atoms with Gasteiger partial charge in [-0.2, -0.15) is 5.10 Å². The predicted molar refractivity (Wildman–Crippen MR) is 111 cm³/mol. The van der Waals surface area contributed by atoms with Crippen LogP contribution in [0.25, 0.3) is 11.0 Å². The molecule has 0 spiro atoms. The lowest BCUT2D eigenvalue weighted by atomic mass is 9.97. The van der Waals surface area contributed by atoms with Crippen LogP contribution in [0, 0.1) is 5.92 Å². The Hall–Kier alpha value is -3.21. The fraction of sp³-hybridized carbons (Fsp3) is 0.368. The van der Waals surface area contributed by atoms with E-state index in [2.05, 4.69) is 19.8 Å². The molecule has 1 saturated heterocycles. The number of hydrogen-bond acceptors (Lipinski definition) is 8. The minimum atomic E-state index is -3.89. The number of nitrogens with zero attached hydrogens (tertiary/aromatic N) is 5. The van der Waals surface area contributed by atoms with Crippen LogP contribution in [0.4, 0.5) is 11.6 Å². The van der Waals surface area contributed by atoms with E-state index in [0.717, 1.165) is 0 Å². The Labute approximate surface area is 173 Å². The number of aromatic nitrogens is 4. The molecule has 10 nitrogen and oxygen atoms in total. The van der Waals surface area contributed by atoms with E-state index in [4.69, 9.17) is 4.74 Å². The van der Waals surface area contributed by atoms with Crippen LogP contribution >= 0.6 is 0 Å². The van der Waals surface area contributed by atoms with Crippen LogP contribution in [0.3, 0.4) is 0 Å². The van der Waals surface area contributed by atoms with Crippen LogP contribution in [0.1, 0.15) is 12.8 Å². The molecule has 1 aliphatic rings. The highest BCUT2D eigenvalue weighted by Gasteiger charge is 2.29. The molecular formula is C19H22N6O4S. The lowest BCUT2D eigenvalue weighted by Crippen LogP contribution is -2.38. The lowest BCUT2D eigenvalue weighted by molar-refractivity contribution is -0.146. The highest BCUT2D eigenvalue weighted by molar-refractivity contribution is 7.92. The Bertz CT molecular complexity index is 1180. The summed E-state index contributed by atoms with van der Waals surface area (Å²) < 4.78 is 34.5. The predicted octanol–water partition coefficient (Wildman–Crippen LogP) is 1.55. The molecule has 3 heterocycles. The summed E-state index contributed by atoms with van der Waals surface area (Å²) in [5, 5.41) is 3.93. The van der Waals surface area contributed by atoms with Crippen molar-refractivity contribution in [2.24, 2.45) is 13.0 Å². The van der Waals surface area contributed by atoms with Crippen molar-refractivity contribution in [3.8, 4) is 0 Å². The van der Waals surface area contributed by atoms with Gasteiger partial charge in [-0.15, -0.1) is 0 Å². The maximum absolute atomic E-state index is 12.9. The van der Waals surface area contributed by atoms with Gasteiger partial charge in [-0.1, -0.05) is 12.1 Å². The van der Waals surface area contributed by atoms with Crippen molar-refractivity contribution in [1.29, 1.82) is 0 Å². The zero-order valence-electron chi connectivity index (χ0n) is 16.6. The standard InChI is InChI=1S/C19H22N6O4S/c1-24-12-14(11-20-24)30(27,28)23-17-18(22-16-6-4-3-5-15(16)21-17)25-9-7-13(8-10-25)19(26)29-2/h3-6,11-13H,7-10H2,1-2H3,(H,21,23). The Morgan fingerprint density at radius 3 is 2.43 bits per heavy atom. The van der Waals surface area contributed by atoms with Gasteiger partial charge in [0, 0.05) is 26.3 Å². The zero-order chi connectivity index (χ0) is 21.3. The number of aryl methyl sites for hydroxylation is 1. The number of esters is 1. The first-order valence-electron chi connectivity index (χ1n) is 9.48. The number of carbonyl (C=O) groups is 1. The van der Waals surface area contributed by atoms with Gasteiger partial charge in [-0.3, -0.25) is 14.2 Å². The first-order chi connectivity index (χ1) is 14.4. The van der Waals surface area contributed by atoms with E-state index in [-0.39, 0.29) is 22.6 Å². The van der Waals surface area contributed by atoms with Crippen LogP contribution < -0.4 is 9.62 Å². The average molecular weight is 430 g/mol. The Balaban J connectivity index is 1.69. The number of methoxy groups -OCH3 is 1. The quantitative estimate of drug-likeness (QED) is 0.606. The highest BCUT2D eigenvalue weighted by Crippen LogP contribution is 2.30. The van der Waals surface area contributed by atoms with Crippen molar-refractivity contribution < 1.29 is 17.9 Å². The average Bonchev–Trinajstić information content (AvgIpc) is 3.20. The van der Waals surface area contributed by atoms with Crippen LogP contribution in [0.15, 0.2) is 41.6 Å². The smallest absolute Gasteiger partial charge is 0.308 e. The fourth-order valence-electron chi connectivity index (χ4n) is 3.50. The van der Waals surface area contributed by atoms with Gasteiger partial charge < -0.3 is 9.64 Å². The molecule has 0 unspecified atom stereocenters. The molecule has 158 valence electrons. The molecule has 30 heavy (non-hydrogen) atoms. The van der Waals surface area contributed by atoms with Crippen molar-refractivity contribution in [3.63, 3.8) is 0 Å². The number of sulfonamides is 1. The molecule has 1 fully saturated rings. The number of nitrogens with one attached hydrogen (secondary N) is 1. The van der Waals surface area contributed by atoms with Crippen LogP contribution in [0.5, 0.6) is 0 Å². The number of piperidine rings is 1.